The third kappa shape index (κ3) is 3.69. The van der Waals surface area contributed by atoms with E-state index in [1.807, 2.05) is 0 Å². The van der Waals surface area contributed by atoms with Crippen molar-refractivity contribution in [3.05, 3.63) is 22.2 Å². The molecule has 0 aromatic heterocycles. The molecule has 0 bridgehead atoms. The van der Waals surface area contributed by atoms with Gasteiger partial charge in [0.25, 0.3) is 0 Å². The third-order valence-electron chi connectivity index (χ3n) is 2.10. The average molecular weight is 321 g/mol. The van der Waals surface area contributed by atoms with Gasteiger partial charge < -0.3 is 5.73 Å². The van der Waals surface area contributed by atoms with Crippen LogP contribution in [0.4, 0.5) is 5.69 Å². The fourth-order valence-corrected chi connectivity index (χ4v) is 3.76. The highest BCUT2D eigenvalue weighted by Crippen LogP contribution is 2.26. The normalized spacial score (nSPS) is 12.8. The van der Waals surface area contributed by atoms with Crippen LogP contribution in [0.5, 0.6) is 0 Å². The zero-order valence-electron chi connectivity index (χ0n) is 10.3. The molecule has 0 saturated carbocycles. The summed E-state index contributed by atoms with van der Waals surface area (Å²) in [6, 6.07) is 3.24. The molecule has 6 heteroatoms. The van der Waals surface area contributed by atoms with Gasteiger partial charge in [-0.05, 0) is 45.4 Å². The van der Waals surface area contributed by atoms with Crippen LogP contribution in [0.15, 0.2) is 21.5 Å². The predicted molar refractivity (Wildman–Crippen MR) is 73.4 cm³/mol. The third-order valence-corrected chi connectivity index (χ3v) is 4.44. The lowest BCUT2D eigenvalue weighted by molar-refractivity contribution is 0.491. The summed E-state index contributed by atoms with van der Waals surface area (Å²) >= 11 is 3.25. The van der Waals surface area contributed by atoms with Crippen LogP contribution in [0.2, 0.25) is 0 Å². The van der Waals surface area contributed by atoms with Gasteiger partial charge in [0, 0.05) is 15.7 Å². The van der Waals surface area contributed by atoms with Crippen LogP contribution in [0.25, 0.3) is 0 Å². The summed E-state index contributed by atoms with van der Waals surface area (Å²) in [5, 5.41) is 0. The van der Waals surface area contributed by atoms with Gasteiger partial charge in [0.15, 0.2) is 0 Å². The molecule has 1 aromatic rings. The quantitative estimate of drug-likeness (QED) is 0.822. The van der Waals surface area contributed by atoms with Crippen molar-refractivity contribution in [2.24, 2.45) is 0 Å². The van der Waals surface area contributed by atoms with E-state index < -0.39 is 15.6 Å². The molecule has 0 radical (unpaired) electrons. The molecular formula is C11H17BrN2O2S. The number of halogens is 1. The van der Waals surface area contributed by atoms with Gasteiger partial charge in [0.2, 0.25) is 10.0 Å². The standard InChI is InChI=1S/C11H17BrN2O2S/c1-7-9(13)5-8(12)6-10(7)17(15,16)14-11(2,3)4/h5-6,14H,13H2,1-4H3. The molecule has 0 unspecified atom stereocenters. The van der Waals surface area contributed by atoms with Crippen LogP contribution in [0.1, 0.15) is 26.3 Å². The maximum absolute atomic E-state index is 12.2. The number of nitrogens with two attached hydrogens (primary N) is 1. The van der Waals surface area contributed by atoms with Crippen molar-refractivity contribution >= 4 is 31.6 Å². The van der Waals surface area contributed by atoms with Gasteiger partial charge in [-0.3, -0.25) is 0 Å². The Hall–Kier alpha value is -0.590. The van der Waals surface area contributed by atoms with Gasteiger partial charge in [0.1, 0.15) is 0 Å². The van der Waals surface area contributed by atoms with E-state index >= 15 is 0 Å². The Bertz CT molecular complexity index is 533. The average Bonchev–Trinajstić information content (AvgIpc) is 2.06. The molecule has 17 heavy (non-hydrogen) atoms. The summed E-state index contributed by atoms with van der Waals surface area (Å²) < 4.78 is 27.6. The monoisotopic (exact) mass is 320 g/mol. The summed E-state index contributed by atoms with van der Waals surface area (Å²) in [5.74, 6) is 0. The van der Waals surface area contributed by atoms with Gasteiger partial charge in [-0.25, -0.2) is 13.1 Å². The minimum atomic E-state index is -3.55. The van der Waals surface area contributed by atoms with Crippen LogP contribution in [-0.4, -0.2) is 14.0 Å². The second-order valence-electron chi connectivity index (χ2n) is 4.97. The summed E-state index contributed by atoms with van der Waals surface area (Å²) in [6.45, 7) is 7.07. The lowest BCUT2D eigenvalue weighted by Gasteiger charge is -2.21. The predicted octanol–water partition coefficient (Wildman–Crippen LogP) is 2.42. The van der Waals surface area contributed by atoms with Crippen LogP contribution >= 0.6 is 15.9 Å². The van der Waals surface area contributed by atoms with Gasteiger partial charge in [0.05, 0.1) is 4.90 Å². The smallest absolute Gasteiger partial charge is 0.241 e. The number of anilines is 1. The topological polar surface area (TPSA) is 72.2 Å². The first-order chi connectivity index (χ1) is 7.53. The van der Waals surface area contributed by atoms with Crippen LogP contribution in [0.3, 0.4) is 0 Å². The first-order valence-corrected chi connectivity index (χ1v) is 7.40. The SMILES string of the molecule is Cc1c(N)cc(Br)cc1S(=O)(=O)NC(C)(C)C. The molecule has 1 rings (SSSR count). The fraction of sp³-hybridized carbons (Fsp3) is 0.455. The molecular weight excluding hydrogens is 304 g/mol. The summed E-state index contributed by atoms with van der Waals surface area (Å²) in [7, 11) is -3.55. The number of hydrogen-bond acceptors (Lipinski definition) is 3. The van der Waals surface area contributed by atoms with Crippen LogP contribution in [-0.2, 0) is 10.0 Å². The fourth-order valence-electron chi connectivity index (χ4n) is 1.41. The first kappa shape index (κ1) is 14.5. The molecule has 0 aliphatic heterocycles. The molecule has 0 amide bonds. The minimum Gasteiger partial charge on any atom is -0.398 e. The number of nitrogens with one attached hydrogen (secondary N) is 1. The molecule has 1 aromatic carbocycles. The molecule has 96 valence electrons. The van der Waals surface area contributed by atoms with E-state index in [2.05, 4.69) is 20.7 Å². The molecule has 0 spiro atoms. The van der Waals surface area contributed by atoms with E-state index in [0.29, 0.717) is 15.7 Å². The molecule has 0 aliphatic carbocycles. The van der Waals surface area contributed by atoms with Crippen molar-refractivity contribution in [2.45, 2.75) is 38.1 Å². The molecule has 0 saturated heterocycles. The highest BCUT2D eigenvalue weighted by atomic mass is 79.9. The molecule has 4 nitrogen and oxygen atoms in total. The second kappa shape index (κ2) is 4.59. The van der Waals surface area contributed by atoms with Gasteiger partial charge in [-0.2, -0.15) is 0 Å². The second-order valence-corrected chi connectivity index (χ2v) is 7.54. The Morgan fingerprint density at radius 1 is 1.29 bits per heavy atom. The first-order valence-electron chi connectivity index (χ1n) is 5.12. The number of sulfonamides is 1. The Balaban J connectivity index is 3.34. The maximum Gasteiger partial charge on any atom is 0.241 e. The van der Waals surface area contributed by atoms with Crippen LogP contribution < -0.4 is 10.5 Å². The molecule has 3 N–H and O–H groups in total. The van der Waals surface area contributed by atoms with E-state index in [-0.39, 0.29) is 4.90 Å². The summed E-state index contributed by atoms with van der Waals surface area (Å²) in [4.78, 5) is 0.208. The van der Waals surface area contributed by atoms with Gasteiger partial charge in [-0.15, -0.1) is 0 Å². The number of rotatable bonds is 2. The van der Waals surface area contributed by atoms with E-state index in [0.717, 1.165) is 0 Å². The molecule has 0 aliphatic rings. The molecule has 0 fully saturated rings. The minimum absolute atomic E-state index is 0.208. The van der Waals surface area contributed by atoms with Crippen molar-refractivity contribution in [3.8, 4) is 0 Å². The van der Waals surface area contributed by atoms with E-state index in [1.165, 1.54) is 0 Å². The Kier molecular flexibility index (Phi) is 3.91. The zero-order valence-corrected chi connectivity index (χ0v) is 12.7. The van der Waals surface area contributed by atoms with Crippen molar-refractivity contribution in [1.82, 2.24) is 4.72 Å². The van der Waals surface area contributed by atoms with Crippen molar-refractivity contribution < 1.29 is 8.42 Å². The molecule has 0 atom stereocenters. The maximum atomic E-state index is 12.2. The largest absolute Gasteiger partial charge is 0.398 e. The Morgan fingerprint density at radius 2 is 1.82 bits per heavy atom. The molecule has 0 heterocycles. The Labute approximate surface area is 111 Å². The number of nitrogen functional groups attached to an aromatic ring is 1. The number of hydrogen-bond donors (Lipinski definition) is 2. The van der Waals surface area contributed by atoms with E-state index in [9.17, 15) is 8.42 Å². The summed E-state index contributed by atoms with van der Waals surface area (Å²) in [5.41, 5.74) is 6.25. The van der Waals surface area contributed by atoms with Crippen molar-refractivity contribution in [3.63, 3.8) is 0 Å². The Morgan fingerprint density at radius 3 is 2.29 bits per heavy atom. The highest BCUT2D eigenvalue weighted by Gasteiger charge is 2.24. The number of benzene rings is 1. The van der Waals surface area contributed by atoms with Crippen molar-refractivity contribution in [1.29, 1.82) is 0 Å². The highest BCUT2D eigenvalue weighted by molar-refractivity contribution is 9.10. The van der Waals surface area contributed by atoms with E-state index in [4.69, 9.17) is 5.73 Å². The lowest BCUT2D eigenvalue weighted by atomic mass is 10.1. The lowest BCUT2D eigenvalue weighted by Crippen LogP contribution is -2.40. The van der Waals surface area contributed by atoms with E-state index in [1.54, 1.807) is 39.8 Å². The van der Waals surface area contributed by atoms with Crippen LogP contribution in [0, 0.1) is 6.92 Å². The van der Waals surface area contributed by atoms with Crippen molar-refractivity contribution in [2.75, 3.05) is 5.73 Å². The zero-order chi connectivity index (χ0) is 13.4. The van der Waals surface area contributed by atoms with Gasteiger partial charge in [-0.1, -0.05) is 15.9 Å². The summed E-state index contributed by atoms with van der Waals surface area (Å²) in [6.07, 6.45) is 0. The van der Waals surface area contributed by atoms with Gasteiger partial charge >= 0.3 is 0 Å².